The Bertz CT molecular complexity index is 1040. The lowest BCUT2D eigenvalue weighted by Crippen LogP contribution is -2.48. The zero-order valence-corrected chi connectivity index (χ0v) is 18.9. The van der Waals surface area contributed by atoms with E-state index in [-0.39, 0.29) is 11.4 Å². The molecular weight excluding hydrogens is 416 g/mol. The van der Waals surface area contributed by atoms with Crippen molar-refractivity contribution in [2.75, 3.05) is 18.5 Å². The highest BCUT2D eigenvalue weighted by Gasteiger charge is 2.38. The Labute approximate surface area is 183 Å². The molecule has 1 aliphatic rings. The van der Waals surface area contributed by atoms with E-state index in [1.807, 2.05) is 39.0 Å². The van der Waals surface area contributed by atoms with Gasteiger partial charge in [-0.05, 0) is 75.4 Å². The molecular formula is C23H28N2O5S. The van der Waals surface area contributed by atoms with Crippen molar-refractivity contribution in [1.29, 1.82) is 0 Å². The fourth-order valence-electron chi connectivity index (χ4n) is 3.75. The number of benzene rings is 2. The SMILES string of the molecule is Cc1ccc(S(=O)(=O)N2CCCC[C@H]2C(=O)OCC(=O)Nc2cc(C)cc(C)c2)cc1. The lowest BCUT2D eigenvalue weighted by molar-refractivity contribution is -0.152. The van der Waals surface area contributed by atoms with Crippen molar-refractivity contribution >= 4 is 27.6 Å². The smallest absolute Gasteiger partial charge is 0.324 e. The van der Waals surface area contributed by atoms with E-state index in [0.717, 1.165) is 16.7 Å². The number of hydrogen-bond acceptors (Lipinski definition) is 5. The van der Waals surface area contributed by atoms with Gasteiger partial charge in [0.2, 0.25) is 10.0 Å². The third-order valence-electron chi connectivity index (χ3n) is 5.20. The molecule has 0 spiro atoms. The van der Waals surface area contributed by atoms with E-state index in [1.165, 1.54) is 4.31 Å². The summed E-state index contributed by atoms with van der Waals surface area (Å²) in [5.74, 6) is -1.17. The molecule has 0 bridgehead atoms. The van der Waals surface area contributed by atoms with E-state index < -0.39 is 34.5 Å². The topological polar surface area (TPSA) is 92.8 Å². The number of aryl methyl sites for hydroxylation is 3. The zero-order chi connectivity index (χ0) is 22.6. The van der Waals surface area contributed by atoms with Crippen molar-refractivity contribution in [3.05, 3.63) is 59.2 Å². The van der Waals surface area contributed by atoms with E-state index in [4.69, 9.17) is 4.74 Å². The summed E-state index contributed by atoms with van der Waals surface area (Å²) in [7, 11) is -3.84. The quantitative estimate of drug-likeness (QED) is 0.690. The summed E-state index contributed by atoms with van der Waals surface area (Å²) in [5, 5.41) is 2.71. The standard InChI is InChI=1S/C23H28N2O5S/c1-16-7-9-20(10-8-16)31(28,29)25-11-5-4-6-21(25)23(27)30-15-22(26)24-19-13-17(2)12-18(3)14-19/h7-10,12-14,21H,4-6,11,15H2,1-3H3,(H,24,26)/t21-/m0/s1. The Morgan fingerprint density at radius 2 is 1.65 bits per heavy atom. The number of anilines is 1. The molecule has 2 aromatic rings. The van der Waals surface area contributed by atoms with Crippen LogP contribution in [-0.2, 0) is 24.3 Å². The number of amides is 1. The van der Waals surface area contributed by atoms with Gasteiger partial charge in [-0.3, -0.25) is 9.59 Å². The maximum atomic E-state index is 13.1. The highest BCUT2D eigenvalue weighted by molar-refractivity contribution is 7.89. The van der Waals surface area contributed by atoms with Crippen LogP contribution in [0.4, 0.5) is 5.69 Å². The summed E-state index contributed by atoms with van der Waals surface area (Å²) in [6.45, 7) is 5.50. The second kappa shape index (κ2) is 9.62. The third kappa shape index (κ3) is 5.71. The van der Waals surface area contributed by atoms with Gasteiger partial charge in [0.1, 0.15) is 6.04 Å². The second-order valence-corrected chi connectivity index (χ2v) is 9.86. The molecule has 0 aromatic heterocycles. The van der Waals surface area contributed by atoms with Gasteiger partial charge in [0, 0.05) is 12.2 Å². The Kier molecular flexibility index (Phi) is 7.12. The molecule has 7 nitrogen and oxygen atoms in total. The summed E-state index contributed by atoms with van der Waals surface area (Å²) in [6.07, 6.45) is 1.75. The molecule has 3 rings (SSSR count). The van der Waals surface area contributed by atoms with Crippen LogP contribution in [0.15, 0.2) is 47.4 Å². The van der Waals surface area contributed by atoms with E-state index in [0.29, 0.717) is 24.9 Å². The largest absolute Gasteiger partial charge is 0.454 e. The van der Waals surface area contributed by atoms with Crippen LogP contribution in [-0.4, -0.2) is 43.8 Å². The molecule has 31 heavy (non-hydrogen) atoms. The number of sulfonamides is 1. The van der Waals surface area contributed by atoms with Gasteiger partial charge in [-0.2, -0.15) is 4.31 Å². The van der Waals surface area contributed by atoms with Crippen LogP contribution in [0.2, 0.25) is 0 Å². The number of esters is 1. The number of carbonyl (C=O) groups is 2. The molecule has 8 heteroatoms. The Balaban J connectivity index is 1.66. The lowest BCUT2D eigenvalue weighted by Gasteiger charge is -2.33. The minimum Gasteiger partial charge on any atom is -0.454 e. The molecule has 166 valence electrons. The maximum Gasteiger partial charge on any atom is 0.324 e. The molecule has 1 saturated heterocycles. The molecule has 0 radical (unpaired) electrons. The van der Waals surface area contributed by atoms with Crippen molar-refractivity contribution < 1.29 is 22.7 Å². The first-order valence-electron chi connectivity index (χ1n) is 10.3. The minimum atomic E-state index is -3.84. The summed E-state index contributed by atoms with van der Waals surface area (Å²) in [6, 6.07) is 11.2. The van der Waals surface area contributed by atoms with E-state index in [1.54, 1.807) is 24.3 Å². The van der Waals surface area contributed by atoms with Crippen LogP contribution in [0.25, 0.3) is 0 Å². The van der Waals surface area contributed by atoms with Crippen molar-refractivity contribution in [3.8, 4) is 0 Å². The first-order chi connectivity index (χ1) is 14.7. The summed E-state index contributed by atoms with van der Waals surface area (Å²) < 4.78 is 32.6. The molecule has 0 aliphatic carbocycles. The second-order valence-electron chi connectivity index (χ2n) is 7.97. The van der Waals surface area contributed by atoms with E-state index in [2.05, 4.69) is 5.32 Å². The van der Waals surface area contributed by atoms with Gasteiger partial charge in [-0.25, -0.2) is 8.42 Å². The monoisotopic (exact) mass is 444 g/mol. The number of nitrogens with one attached hydrogen (secondary N) is 1. The Morgan fingerprint density at radius 3 is 2.29 bits per heavy atom. The molecule has 0 unspecified atom stereocenters. The molecule has 1 heterocycles. The third-order valence-corrected chi connectivity index (χ3v) is 7.13. The minimum absolute atomic E-state index is 0.144. The van der Waals surface area contributed by atoms with Crippen molar-refractivity contribution in [1.82, 2.24) is 4.31 Å². The first kappa shape index (κ1) is 23.0. The molecule has 1 atom stereocenters. The molecule has 1 N–H and O–H groups in total. The average molecular weight is 445 g/mol. The average Bonchev–Trinajstić information content (AvgIpc) is 2.71. The molecule has 1 fully saturated rings. The van der Waals surface area contributed by atoms with Gasteiger partial charge >= 0.3 is 5.97 Å². The summed E-state index contributed by atoms with van der Waals surface area (Å²) >= 11 is 0. The van der Waals surface area contributed by atoms with Crippen molar-refractivity contribution in [2.45, 2.75) is 51.0 Å². The number of rotatable bonds is 6. The van der Waals surface area contributed by atoms with Crippen LogP contribution in [0, 0.1) is 20.8 Å². The number of piperidine rings is 1. The molecule has 1 aliphatic heterocycles. The highest BCUT2D eigenvalue weighted by atomic mass is 32.2. The number of hydrogen-bond donors (Lipinski definition) is 1. The zero-order valence-electron chi connectivity index (χ0n) is 18.1. The number of ether oxygens (including phenoxy) is 1. The fraction of sp³-hybridized carbons (Fsp3) is 0.391. The first-order valence-corrected chi connectivity index (χ1v) is 11.7. The van der Waals surface area contributed by atoms with Crippen LogP contribution in [0.1, 0.15) is 36.0 Å². The predicted octanol–water partition coefficient (Wildman–Crippen LogP) is 3.34. The van der Waals surface area contributed by atoms with Crippen LogP contribution in [0.3, 0.4) is 0 Å². The summed E-state index contributed by atoms with van der Waals surface area (Å²) in [5.41, 5.74) is 3.58. The van der Waals surface area contributed by atoms with Crippen molar-refractivity contribution in [2.24, 2.45) is 0 Å². The van der Waals surface area contributed by atoms with E-state index in [9.17, 15) is 18.0 Å². The van der Waals surface area contributed by atoms with Crippen LogP contribution >= 0.6 is 0 Å². The van der Waals surface area contributed by atoms with Crippen LogP contribution in [0.5, 0.6) is 0 Å². The van der Waals surface area contributed by atoms with Crippen molar-refractivity contribution in [3.63, 3.8) is 0 Å². The number of nitrogens with zero attached hydrogens (tertiary/aromatic N) is 1. The van der Waals surface area contributed by atoms with Gasteiger partial charge < -0.3 is 10.1 Å². The molecule has 1 amide bonds. The van der Waals surface area contributed by atoms with Gasteiger partial charge in [0.05, 0.1) is 4.90 Å². The molecule has 2 aromatic carbocycles. The molecule has 0 saturated carbocycles. The normalized spacial score (nSPS) is 17.2. The van der Waals surface area contributed by atoms with Gasteiger partial charge in [0.25, 0.3) is 5.91 Å². The maximum absolute atomic E-state index is 13.1. The Morgan fingerprint density at radius 1 is 1.00 bits per heavy atom. The van der Waals surface area contributed by atoms with E-state index >= 15 is 0 Å². The lowest BCUT2D eigenvalue weighted by atomic mass is 10.1. The highest BCUT2D eigenvalue weighted by Crippen LogP contribution is 2.26. The van der Waals surface area contributed by atoms with Gasteiger partial charge in [-0.15, -0.1) is 0 Å². The Hall–Kier alpha value is -2.71. The predicted molar refractivity (Wildman–Crippen MR) is 118 cm³/mol. The van der Waals surface area contributed by atoms with Crippen LogP contribution < -0.4 is 5.32 Å². The van der Waals surface area contributed by atoms with Gasteiger partial charge in [0.15, 0.2) is 6.61 Å². The summed E-state index contributed by atoms with van der Waals surface area (Å²) in [4.78, 5) is 25.1. The van der Waals surface area contributed by atoms with Gasteiger partial charge in [-0.1, -0.05) is 23.8 Å². The number of carbonyl (C=O) groups excluding carboxylic acids is 2. The fourth-order valence-corrected chi connectivity index (χ4v) is 5.40.